The van der Waals surface area contributed by atoms with Gasteiger partial charge in [-0.2, -0.15) is 0 Å². The molecule has 1 aromatic heterocycles. The molecular formula is C13H23N3. The number of aryl methyl sites for hydroxylation is 1. The van der Waals surface area contributed by atoms with Crippen LogP contribution < -0.4 is 10.2 Å². The first-order valence-corrected chi connectivity index (χ1v) is 6.00. The van der Waals surface area contributed by atoms with Gasteiger partial charge in [-0.1, -0.05) is 19.9 Å². The predicted octanol–water partition coefficient (Wildman–Crippen LogP) is 2.17. The van der Waals surface area contributed by atoms with E-state index in [1.165, 1.54) is 11.3 Å². The summed E-state index contributed by atoms with van der Waals surface area (Å²) in [6, 6.07) is 4.92. The number of likely N-dealkylation sites (N-methyl/N-ethyl adjacent to an activating group) is 1. The minimum absolute atomic E-state index is 0. The third-order valence-corrected chi connectivity index (χ3v) is 3.33. The predicted molar refractivity (Wildman–Crippen MR) is 70.2 cm³/mol. The third-order valence-electron chi connectivity index (χ3n) is 3.33. The van der Waals surface area contributed by atoms with E-state index in [2.05, 4.69) is 50.2 Å². The quantitative estimate of drug-likeness (QED) is 0.848. The van der Waals surface area contributed by atoms with Gasteiger partial charge < -0.3 is 10.2 Å². The number of nitrogens with one attached hydrogen (secondary N) is 1. The first kappa shape index (κ1) is 11.4. The van der Waals surface area contributed by atoms with E-state index in [0.717, 1.165) is 18.9 Å². The maximum atomic E-state index is 4.77. The topological polar surface area (TPSA) is 28.2 Å². The average molecular weight is 221 g/mol. The Kier molecular flexibility index (Phi) is 3.15. The molecule has 1 fully saturated rings. The molecule has 2 heterocycles. The minimum Gasteiger partial charge on any atom is -0.354 e. The highest BCUT2D eigenvalue weighted by molar-refractivity contribution is 5.48. The molecular weight excluding hydrogens is 198 g/mol. The molecule has 0 unspecified atom stereocenters. The van der Waals surface area contributed by atoms with E-state index in [-0.39, 0.29) is 1.43 Å². The number of pyridine rings is 1. The Labute approximate surface area is 99.4 Å². The summed E-state index contributed by atoms with van der Waals surface area (Å²) in [5.74, 6) is 1.63. The number of aromatic nitrogens is 1. The standard InChI is InChI=1S/C13H21N3.H2/c1-9(2)12-6-5-10(3)13(15-12)16(4)11-7-14-8-11;/h5-6,9,11,14H,7-8H2,1-4H3;1H. The van der Waals surface area contributed by atoms with E-state index in [4.69, 9.17) is 4.98 Å². The number of hydrogen-bond acceptors (Lipinski definition) is 3. The fraction of sp³-hybridized carbons (Fsp3) is 0.615. The monoisotopic (exact) mass is 221 g/mol. The molecule has 90 valence electrons. The molecule has 0 radical (unpaired) electrons. The van der Waals surface area contributed by atoms with Crippen LogP contribution in [-0.4, -0.2) is 31.2 Å². The molecule has 3 nitrogen and oxygen atoms in total. The summed E-state index contributed by atoms with van der Waals surface area (Å²) in [4.78, 5) is 7.08. The van der Waals surface area contributed by atoms with E-state index in [1.54, 1.807) is 0 Å². The summed E-state index contributed by atoms with van der Waals surface area (Å²) in [5.41, 5.74) is 2.44. The first-order chi connectivity index (χ1) is 7.59. The van der Waals surface area contributed by atoms with Crippen LogP contribution in [0.15, 0.2) is 12.1 Å². The summed E-state index contributed by atoms with van der Waals surface area (Å²) in [6.07, 6.45) is 0. The van der Waals surface area contributed by atoms with Crippen LogP contribution >= 0.6 is 0 Å². The van der Waals surface area contributed by atoms with E-state index in [9.17, 15) is 0 Å². The van der Waals surface area contributed by atoms with Crippen molar-refractivity contribution in [2.75, 3.05) is 25.0 Å². The van der Waals surface area contributed by atoms with Crippen molar-refractivity contribution in [1.82, 2.24) is 10.3 Å². The third kappa shape index (κ3) is 2.05. The molecule has 16 heavy (non-hydrogen) atoms. The molecule has 1 N–H and O–H groups in total. The Morgan fingerprint density at radius 3 is 2.62 bits per heavy atom. The molecule has 0 bridgehead atoms. The van der Waals surface area contributed by atoms with Crippen LogP contribution in [0.2, 0.25) is 0 Å². The molecule has 1 aliphatic heterocycles. The van der Waals surface area contributed by atoms with Gasteiger partial charge in [0.15, 0.2) is 0 Å². The zero-order valence-corrected chi connectivity index (χ0v) is 10.6. The van der Waals surface area contributed by atoms with Crippen LogP contribution in [0.4, 0.5) is 5.82 Å². The minimum atomic E-state index is 0. The molecule has 0 spiro atoms. The second-order valence-electron chi connectivity index (χ2n) is 4.95. The van der Waals surface area contributed by atoms with Crippen molar-refractivity contribution in [3.63, 3.8) is 0 Å². The SMILES string of the molecule is Cc1ccc(C(C)C)nc1N(C)C1CNC1.[HH]. The number of anilines is 1. The van der Waals surface area contributed by atoms with Gasteiger partial charge in [0.2, 0.25) is 0 Å². The van der Waals surface area contributed by atoms with E-state index >= 15 is 0 Å². The lowest BCUT2D eigenvalue weighted by Gasteiger charge is -2.37. The van der Waals surface area contributed by atoms with Crippen molar-refractivity contribution in [3.8, 4) is 0 Å². The van der Waals surface area contributed by atoms with E-state index in [1.807, 2.05) is 0 Å². The fourth-order valence-electron chi connectivity index (χ4n) is 1.93. The molecule has 1 aliphatic rings. The van der Waals surface area contributed by atoms with Crippen LogP contribution in [0.3, 0.4) is 0 Å². The molecule has 1 aromatic rings. The van der Waals surface area contributed by atoms with Gasteiger partial charge in [-0.05, 0) is 24.5 Å². The zero-order chi connectivity index (χ0) is 11.7. The van der Waals surface area contributed by atoms with E-state index < -0.39 is 0 Å². The Hall–Kier alpha value is -1.09. The second-order valence-corrected chi connectivity index (χ2v) is 4.95. The molecule has 1 saturated heterocycles. The Morgan fingerprint density at radius 2 is 2.12 bits per heavy atom. The van der Waals surface area contributed by atoms with Crippen LogP contribution in [0.1, 0.15) is 32.4 Å². The van der Waals surface area contributed by atoms with Gasteiger partial charge in [0.1, 0.15) is 5.82 Å². The van der Waals surface area contributed by atoms with Gasteiger partial charge in [-0.3, -0.25) is 0 Å². The maximum Gasteiger partial charge on any atom is 0.131 e. The Balaban J connectivity index is 0.00000144. The summed E-state index contributed by atoms with van der Waals surface area (Å²) < 4.78 is 0. The number of rotatable bonds is 3. The van der Waals surface area contributed by atoms with Gasteiger partial charge in [-0.25, -0.2) is 4.98 Å². The fourth-order valence-corrected chi connectivity index (χ4v) is 1.93. The van der Waals surface area contributed by atoms with Crippen molar-refractivity contribution in [1.29, 1.82) is 0 Å². The van der Waals surface area contributed by atoms with Crippen LogP contribution in [0.5, 0.6) is 0 Å². The zero-order valence-electron chi connectivity index (χ0n) is 10.6. The highest BCUT2D eigenvalue weighted by atomic mass is 15.3. The van der Waals surface area contributed by atoms with E-state index in [0.29, 0.717) is 12.0 Å². The molecule has 3 heteroatoms. The van der Waals surface area contributed by atoms with Crippen molar-refractivity contribution < 1.29 is 1.43 Å². The van der Waals surface area contributed by atoms with Crippen molar-refractivity contribution in [2.24, 2.45) is 0 Å². The second kappa shape index (κ2) is 4.42. The number of nitrogens with zero attached hydrogens (tertiary/aromatic N) is 2. The first-order valence-electron chi connectivity index (χ1n) is 6.00. The van der Waals surface area contributed by atoms with Crippen LogP contribution in [-0.2, 0) is 0 Å². The van der Waals surface area contributed by atoms with Gasteiger partial charge in [0, 0.05) is 27.3 Å². The van der Waals surface area contributed by atoms with Gasteiger partial charge in [0.25, 0.3) is 0 Å². The van der Waals surface area contributed by atoms with Crippen LogP contribution in [0, 0.1) is 6.92 Å². The average Bonchev–Trinajstić information content (AvgIpc) is 2.15. The van der Waals surface area contributed by atoms with Gasteiger partial charge >= 0.3 is 0 Å². The Bertz CT molecular complexity index is 375. The van der Waals surface area contributed by atoms with Crippen molar-refractivity contribution in [3.05, 3.63) is 23.4 Å². The molecule has 0 aliphatic carbocycles. The highest BCUT2D eigenvalue weighted by Gasteiger charge is 2.23. The molecule has 0 saturated carbocycles. The lowest BCUT2D eigenvalue weighted by Crippen LogP contribution is -2.56. The summed E-state index contributed by atoms with van der Waals surface area (Å²) in [6.45, 7) is 8.65. The van der Waals surface area contributed by atoms with Crippen molar-refractivity contribution >= 4 is 5.82 Å². The number of hydrogen-bond donors (Lipinski definition) is 1. The van der Waals surface area contributed by atoms with Gasteiger partial charge in [0.05, 0.1) is 6.04 Å². The Morgan fingerprint density at radius 1 is 1.44 bits per heavy atom. The molecule has 0 aromatic carbocycles. The maximum absolute atomic E-state index is 4.77. The summed E-state index contributed by atoms with van der Waals surface area (Å²) in [5, 5.41) is 3.30. The summed E-state index contributed by atoms with van der Waals surface area (Å²) in [7, 11) is 2.14. The molecule has 0 atom stereocenters. The summed E-state index contributed by atoms with van der Waals surface area (Å²) >= 11 is 0. The smallest absolute Gasteiger partial charge is 0.131 e. The van der Waals surface area contributed by atoms with Gasteiger partial charge in [-0.15, -0.1) is 0 Å². The molecule has 0 amide bonds. The normalized spacial score (nSPS) is 16.3. The molecule has 2 rings (SSSR count). The highest BCUT2D eigenvalue weighted by Crippen LogP contribution is 2.22. The van der Waals surface area contributed by atoms with Crippen molar-refractivity contribution in [2.45, 2.75) is 32.7 Å². The van der Waals surface area contributed by atoms with Crippen LogP contribution in [0.25, 0.3) is 0 Å². The largest absolute Gasteiger partial charge is 0.354 e. The lowest BCUT2D eigenvalue weighted by atomic mass is 10.1. The lowest BCUT2D eigenvalue weighted by molar-refractivity contribution is 0.426.